The van der Waals surface area contributed by atoms with Crippen LogP contribution in [0.1, 0.15) is 11.6 Å². The van der Waals surface area contributed by atoms with Crippen molar-refractivity contribution in [2.75, 3.05) is 13.2 Å². The van der Waals surface area contributed by atoms with Gasteiger partial charge in [-0.05, 0) is 17.7 Å². The fourth-order valence-electron chi connectivity index (χ4n) is 1.95. The molecular formula is C13H12BrF3N2O. The lowest BCUT2D eigenvalue weighted by Gasteiger charge is -2.19. The average Bonchev–Trinajstić information content (AvgIpc) is 2.41. The number of halogens is 4. The van der Waals surface area contributed by atoms with Crippen molar-refractivity contribution in [3.63, 3.8) is 0 Å². The summed E-state index contributed by atoms with van der Waals surface area (Å²) in [7, 11) is 0. The average molecular weight is 349 g/mol. The third-order valence-electron chi connectivity index (χ3n) is 2.85. The summed E-state index contributed by atoms with van der Waals surface area (Å²) in [6.07, 6.45) is -2.76. The normalized spacial score (nSPS) is 13.7. The zero-order chi connectivity index (χ0) is 14.8. The fourth-order valence-corrected chi connectivity index (χ4v) is 2.40. The number of hydrogen-bond acceptors (Lipinski definition) is 3. The highest BCUT2D eigenvalue weighted by molar-refractivity contribution is 9.10. The van der Waals surface area contributed by atoms with Crippen LogP contribution in [0, 0.1) is 0 Å². The number of benzene rings is 1. The molecule has 1 aromatic carbocycles. The highest BCUT2D eigenvalue weighted by Crippen LogP contribution is 2.29. The van der Waals surface area contributed by atoms with Gasteiger partial charge in [-0.25, -0.2) is 0 Å². The van der Waals surface area contributed by atoms with Crippen LogP contribution < -0.4 is 5.32 Å². The van der Waals surface area contributed by atoms with Gasteiger partial charge < -0.3 is 5.11 Å². The molecule has 0 amide bonds. The molecule has 1 heterocycles. The molecule has 2 rings (SSSR count). The topological polar surface area (TPSA) is 45.1 Å². The molecule has 0 aliphatic heterocycles. The predicted octanol–water partition coefficient (Wildman–Crippen LogP) is 3.18. The molecule has 3 nitrogen and oxygen atoms in total. The number of aromatic nitrogens is 1. The molecular weight excluding hydrogens is 337 g/mol. The van der Waals surface area contributed by atoms with Crippen molar-refractivity contribution >= 4 is 26.8 Å². The molecule has 0 bridgehead atoms. The van der Waals surface area contributed by atoms with Crippen LogP contribution in [0.2, 0.25) is 0 Å². The highest BCUT2D eigenvalue weighted by atomic mass is 79.9. The van der Waals surface area contributed by atoms with Crippen molar-refractivity contribution in [2.24, 2.45) is 0 Å². The van der Waals surface area contributed by atoms with Crippen LogP contribution in [0.25, 0.3) is 10.9 Å². The summed E-state index contributed by atoms with van der Waals surface area (Å²) >= 11 is 3.37. The first-order valence-corrected chi connectivity index (χ1v) is 6.66. The maximum absolute atomic E-state index is 12.3. The van der Waals surface area contributed by atoms with Crippen LogP contribution in [-0.2, 0) is 0 Å². The minimum atomic E-state index is -4.33. The van der Waals surface area contributed by atoms with Crippen molar-refractivity contribution in [3.05, 3.63) is 40.5 Å². The van der Waals surface area contributed by atoms with Gasteiger partial charge in [-0.15, -0.1) is 0 Å². The van der Waals surface area contributed by atoms with E-state index in [4.69, 9.17) is 0 Å². The van der Waals surface area contributed by atoms with Gasteiger partial charge in [-0.2, -0.15) is 13.2 Å². The molecule has 2 N–H and O–H groups in total. The Balaban J connectivity index is 2.37. The Bertz CT molecular complexity index is 604. The number of nitrogens with one attached hydrogen (secondary N) is 1. The zero-order valence-electron chi connectivity index (χ0n) is 10.3. The van der Waals surface area contributed by atoms with Gasteiger partial charge in [0, 0.05) is 16.1 Å². The van der Waals surface area contributed by atoms with Crippen molar-refractivity contribution in [3.8, 4) is 0 Å². The van der Waals surface area contributed by atoms with E-state index in [1.165, 1.54) is 0 Å². The van der Waals surface area contributed by atoms with Crippen LogP contribution in [-0.4, -0.2) is 29.4 Å². The Morgan fingerprint density at radius 3 is 2.70 bits per heavy atom. The second-order valence-corrected chi connectivity index (χ2v) is 5.12. The largest absolute Gasteiger partial charge is 0.401 e. The zero-order valence-corrected chi connectivity index (χ0v) is 11.9. The van der Waals surface area contributed by atoms with E-state index in [2.05, 4.69) is 26.2 Å². The number of fused-ring (bicyclic) bond motifs is 1. The summed E-state index contributed by atoms with van der Waals surface area (Å²) in [5.74, 6) is 0. The predicted molar refractivity (Wildman–Crippen MR) is 73.3 cm³/mol. The molecule has 108 valence electrons. The molecule has 1 aromatic heterocycles. The SMILES string of the molecule is OCC(NCC(F)(F)F)c1ccc(Br)c2cccnc12. The molecule has 20 heavy (non-hydrogen) atoms. The highest BCUT2D eigenvalue weighted by Gasteiger charge is 2.28. The number of nitrogens with zero attached hydrogens (tertiary/aromatic N) is 1. The van der Waals surface area contributed by atoms with E-state index >= 15 is 0 Å². The molecule has 0 fully saturated rings. The summed E-state index contributed by atoms with van der Waals surface area (Å²) in [5, 5.41) is 12.4. The van der Waals surface area contributed by atoms with Crippen LogP contribution in [0.3, 0.4) is 0 Å². The Hall–Kier alpha value is -1.18. The third-order valence-corrected chi connectivity index (χ3v) is 3.55. The first-order chi connectivity index (χ1) is 9.42. The van der Waals surface area contributed by atoms with Gasteiger partial charge >= 0.3 is 6.18 Å². The third kappa shape index (κ3) is 3.47. The molecule has 2 aromatic rings. The monoisotopic (exact) mass is 348 g/mol. The van der Waals surface area contributed by atoms with Gasteiger partial charge in [0.1, 0.15) is 0 Å². The number of pyridine rings is 1. The van der Waals surface area contributed by atoms with Crippen molar-refractivity contribution in [1.29, 1.82) is 0 Å². The summed E-state index contributed by atoms with van der Waals surface area (Å²) in [6.45, 7) is -1.61. The van der Waals surface area contributed by atoms with E-state index in [-0.39, 0.29) is 0 Å². The molecule has 7 heteroatoms. The maximum atomic E-state index is 12.3. The first-order valence-electron chi connectivity index (χ1n) is 5.86. The van der Waals surface area contributed by atoms with E-state index in [0.29, 0.717) is 11.1 Å². The van der Waals surface area contributed by atoms with Crippen molar-refractivity contribution in [2.45, 2.75) is 12.2 Å². The lowest BCUT2D eigenvalue weighted by molar-refractivity contribution is -0.126. The Kier molecular flexibility index (Phi) is 4.62. The summed E-state index contributed by atoms with van der Waals surface area (Å²) < 4.78 is 37.6. The standard InChI is InChI=1S/C13H12BrF3N2O/c14-10-4-3-9(12-8(10)2-1-5-18-12)11(6-20)19-7-13(15,16)17/h1-5,11,19-20H,6-7H2. The lowest BCUT2D eigenvalue weighted by atomic mass is 10.0. The Morgan fingerprint density at radius 2 is 2.05 bits per heavy atom. The van der Waals surface area contributed by atoms with Gasteiger partial charge in [0.05, 0.1) is 24.7 Å². The number of aliphatic hydroxyl groups is 1. The van der Waals surface area contributed by atoms with Gasteiger partial charge in [-0.1, -0.05) is 28.1 Å². The minimum Gasteiger partial charge on any atom is -0.394 e. The van der Waals surface area contributed by atoms with Gasteiger partial charge in [0.15, 0.2) is 0 Å². The number of aliphatic hydroxyl groups excluding tert-OH is 1. The summed E-state index contributed by atoms with van der Waals surface area (Å²) in [5.41, 5.74) is 1.10. The van der Waals surface area contributed by atoms with Gasteiger partial charge in [0.25, 0.3) is 0 Å². The van der Waals surface area contributed by atoms with E-state index in [9.17, 15) is 18.3 Å². The molecule has 0 spiro atoms. The first kappa shape index (κ1) is 15.2. The molecule has 0 saturated heterocycles. The van der Waals surface area contributed by atoms with Crippen LogP contribution in [0.4, 0.5) is 13.2 Å². The molecule has 0 saturated carbocycles. The van der Waals surface area contributed by atoms with E-state index in [1.54, 1.807) is 24.4 Å². The van der Waals surface area contributed by atoms with E-state index in [0.717, 1.165) is 9.86 Å². The second-order valence-electron chi connectivity index (χ2n) is 4.27. The molecule has 0 aliphatic rings. The summed E-state index contributed by atoms with van der Waals surface area (Å²) in [4.78, 5) is 4.19. The molecule has 0 aliphatic carbocycles. The molecule has 0 radical (unpaired) electrons. The van der Waals surface area contributed by atoms with Crippen molar-refractivity contribution in [1.82, 2.24) is 10.3 Å². The smallest absolute Gasteiger partial charge is 0.394 e. The second kappa shape index (κ2) is 6.07. The number of hydrogen-bond donors (Lipinski definition) is 2. The number of alkyl halides is 3. The van der Waals surface area contributed by atoms with E-state index < -0.39 is 25.4 Å². The minimum absolute atomic E-state index is 0.441. The van der Waals surface area contributed by atoms with Crippen molar-refractivity contribution < 1.29 is 18.3 Å². The van der Waals surface area contributed by atoms with E-state index in [1.807, 2.05) is 6.07 Å². The molecule has 1 atom stereocenters. The maximum Gasteiger partial charge on any atom is 0.401 e. The quantitative estimate of drug-likeness (QED) is 0.891. The number of rotatable bonds is 4. The van der Waals surface area contributed by atoms with Crippen LogP contribution in [0.5, 0.6) is 0 Å². The van der Waals surface area contributed by atoms with Gasteiger partial charge in [-0.3, -0.25) is 10.3 Å². The van der Waals surface area contributed by atoms with Crippen LogP contribution >= 0.6 is 15.9 Å². The van der Waals surface area contributed by atoms with Crippen LogP contribution in [0.15, 0.2) is 34.9 Å². The molecule has 1 unspecified atom stereocenters. The summed E-state index contributed by atoms with van der Waals surface area (Å²) in [6, 6.07) is 6.13. The van der Waals surface area contributed by atoms with Gasteiger partial charge in [0.2, 0.25) is 0 Å². The Labute approximate surface area is 122 Å². The lowest BCUT2D eigenvalue weighted by Crippen LogP contribution is -2.33. The Morgan fingerprint density at radius 1 is 1.30 bits per heavy atom. The fraction of sp³-hybridized carbons (Fsp3) is 0.308.